The van der Waals surface area contributed by atoms with Crippen LogP contribution in [0.25, 0.3) is 0 Å². The zero-order valence-electron chi connectivity index (χ0n) is 6.91. The Bertz CT molecular complexity index is 217. The maximum Gasteiger partial charge on any atom is 0.330 e. The van der Waals surface area contributed by atoms with Crippen molar-refractivity contribution in [3.05, 3.63) is 0 Å². The van der Waals surface area contributed by atoms with Crippen molar-refractivity contribution in [1.82, 2.24) is 0 Å². The normalized spacial score (nSPS) is 28.1. The van der Waals surface area contributed by atoms with E-state index in [0.29, 0.717) is 0 Å². The molecule has 1 aliphatic heterocycles. The van der Waals surface area contributed by atoms with Crippen LogP contribution < -0.4 is 0 Å². The topological polar surface area (TPSA) is 47.9 Å². The molecule has 0 fully saturated rings. The molecule has 4 nitrogen and oxygen atoms in total. The maximum absolute atomic E-state index is 12.9. The Morgan fingerprint density at radius 1 is 1.67 bits per heavy atom. The molecule has 0 radical (unpaired) electrons. The second kappa shape index (κ2) is 3.51. The van der Waals surface area contributed by atoms with Crippen molar-refractivity contribution in [3.8, 4) is 0 Å². The second-order valence-corrected chi connectivity index (χ2v) is 2.41. The number of alkyl halides is 1. The number of esters is 1. The minimum Gasteiger partial charge on any atom is -0.482 e. The summed E-state index contributed by atoms with van der Waals surface area (Å²) in [6, 6.07) is -0.736. The number of aliphatic imine (C=N–C) groups is 1. The van der Waals surface area contributed by atoms with E-state index in [4.69, 9.17) is 0 Å². The van der Waals surface area contributed by atoms with Gasteiger partial charge in [-0.2, -0.15) is 0 Å². The summed E-state index contributed by atoms with van der Waals surface area (Å²) in [5.74, 6) is -0.546. The van der Waals surface area contributed by atoms with Gasteiger partial charge in [-0.05, 0) is 0 Å². The number of carbonyl (C=O) groups is 1. The van der Waals surface area contributed by atoms with Gasteiger partial charge < -0.3 is 9.47 Å². The molecular formula is C7H10FNO3. The number of ether oxygens (including phenoxy) is 2. The summed E-state index contributed by atoms with van der Waals surface area (Å²) in [5, 5.41) is 0. The summed E-state index contributed by atoms with van der Waals surface area (Å²) >= 11 is 0. The highest BCUT2D eigenvalue weighted by molar-refractivity contribution is 5.89. The van der Waals surface area contributed by atoms with E-state index in [0.717, 1.165) is 0 Å². The summed E-state index contributed by atoms with van der Waals surface area (Å²) in [6.07, 6.45) is -1.25. The lowest BCUT2D eigenvalue weighted by molar-refractivity contribution is -0.142. The zero-order valence-corrected chi connectivity index (χ0v) is 6.91. The molecule has 0 spiro atoms. The Balaban J connectivity index is 2.63. The predicted octanol–water partition coefficient (Wildman–Crippen LogP) is 0.315. The summed E-state index contributed by atoms with van der Waals surface area (Å²) in [4.78, 5) is 14.6. The average molecular weight is 175 g/mol. The lowest BCUT2D eigenvalue weighted by Gasteiger charge is -2.01. The van der Waals surface area contributed by atoms with Gasteiger partial charge in [0, 0.05) is 6.42 Å². The number of hydrogen-bond donors (Lipinski definition) is 0. The Labute approximate surface area is 69.4 Å². The first kappa shape index (κ1) is 8.96. The van der Waals surface area contributed by atoms with E-state index in [1.807, 2.05) is 0 Å². The molecule has 0 aliphatic carbocycles. The van der Waals surface area contributed by atoms with Crippen LogP contribution in [-0.4, -0.2) is 38.3 Å². The van der Waals surface area contributed by atoms with Crippen LogP contribution in [0.2, 0.25) is 0 Å². The van der Waals surface area contributed by atoms with E-state index in [-0.39, 0.29) is 12.3 Å². The minimum absolute atomic E-state index is 0.0228. The monoisotopic (exact) mass is 175 g/mol. The molecule has 1 rings (SSSR count). The molecule has 0 bridgehead atoms. The summed E-state index contributed by atoms with van der Waals surface area (Å²) in [6.45, 7) is 0. The first-order chi connectivity index (χ1) is 5.69. The lowest BCUT2D eigenvalue weighted by Crippen LogP contribution is -2.19. The molecular weight excluding hydrogens is 165 g/mol. The molecule has 0 saturated carbocycles. The second-order valence-electron chi connectivity index (χ2n) is 2.41. The molecule has 2 atom stereocenters. The van der Waals surface area contributed by atoms with Crippen molar-refractivity contribution in [2.24, 2.45) is 4.99 Å². The first-order valence-corrected chi connectivity index (χ1v) is 3.52. The van der Waals surface area contributed by atoms with E-state index in [1.165, 1.54) is 14.2 Å². The van der Waals surface area contributed by atoms with Crippen molar-refractivity contribution < 1.29 is 18.7 Å². The van der Waals surface area contributed by atoms with Gasteiger partial charge in [0.25, 0.3) is 0 Å². The number of hydrogen-bond acceptors (Lipinski definition) is 4. The van der Waals surface area contributed by atoms with Gasteiger partial charge in [-0.3, -0.25) is 0 Å². The predicted molar refractivity (Wildman–Crippen MR) is 39.8 cm³/mol. The third-order valence-corrected chi connectivity index (χ3v) is 1.66. The number of halogens is 1. The van der Waals surface area contributed by atoms with Crippen LogP contribution in [-0.2, 0) is 14.3 Å². The largest absolute Gasteiger partial charge is 0.482 e. The smallest absolute Gasteiger partial charge is 0.330 e. The van der Waals surface area contributed by atoms with Gasteiger partial charge in [0.15, 0.2) is 12.2 Å². The van der Waals surface area contributed by atoms with E-state index in [2.05, 4.69) is 14.5 Å². The number of methoxy groups -OCH3 is 2. The summed E-state index contributed by atoms with van der Waals surface area (Å²) < 4.78 is 21.9. The molecule has 0 aromatic rings. The molecule has 1 heterocycles. The van der Waals surface area contributed by atoms with Gasteiger partial charge >= 0.3 is 5.97 Å². The van der Waals surface area contributed by atoms with Crippen LogP contribution in [0.5, 0.6) is 0 Å². The van der Waals surface area contributed by atoms with Crippen molar-refractivity contribution in [2.45, 2.75) is 18.6 Å². The van der Waals surface area contributed by atoms with Gasteiger partial charge in [-0.25, -0.2) is 14.2 Å². The number of rotatable bonds is 1. The molecule has 5 heteroatoms. The Kier molecular flexibility index (Phi) is 2.62. The number of nitrogens with zero attached hydrogens (tertiary/aromatic N) is 1. The fourth-order valence-corrected chi connectivity index (χ4v) is 1.05. The van der Waals surface area contributed by atoms with Gasteiger partial charge in [0.1, 0.15) is 0 Å². The number of carbonyl (C=O) groups excluding carboxylic acids is 1. The van der Waals surface area contributed by atoms with Gasteiger partial charge in [0.2, 0.25) is 5.90 Å². The van der Waals surface area contributed by atoms with Gasteiger partial charge in [0.05, 0.1) is 14.2 Å². The molecule has 1 aliphatic rings. The third-order valence-electron chi connectivity index (χ3n) is 1.66. The fraction of sp³-hybridized carbons (Fsp3) is 0.714. The average Bonchev–Trinajstić information content (AvgIpc) is 2.45. The Morgan fingerprint density at radius 2 is 2.33 bits per heavy atom. The molecule has 0 aromatic heterocycles. The molecule has 0 amide bonds. The fourth-order valence-electron chi connectivity index (χ4n) is 1.05. The molecule has 68 valence electrons. The highest BCUT2D eigenvalue weighted by Crippen LogP contribution is 2.18. The Morgan fingerprint density at radius 3 is 2.75 bits per heavy atom. The van der Waals surface area contributed by atoms with Crippen LogP contribution in [0.1, 0.15) is 6.42 Å². The molecule has 0 N–H and O–H groups in total. The standard InChI is InChI=1S/C7H10FNO3/c1-11-6-4(8)3-5(9-6)7(10)12-2/h4-5H,3H2,1-2H3. The highest BCUT2D eigenvalue weighted by Gasteiger charge is 2.34. The van der Waals surface area contributed by atoms with Crippen LogP contribution in [0.3, 0.4) is 0 Å². The van der Waals surface area contributed by atoms with Crippen LogP contribution in [0, 0.1) is 0 Å². The molecule has 0 saturated heterocycles. The molecule has 12 heavy (non-hydrogen) atoms. The quantitative estimate of drug-likeness (QED) is 0.539. The third kappa shape index (κ3) is 1.54. The van der Waals surface area contributed by atoms with E-state index >= 15 is 0 Å². The SMILES string of the molecule is COC(=O)C1CC(F)C(OC)=N1. The Hall–Kier alpha value is -1.13. The van der Waals surface area contributed by atoms with E-state index < -0.39 is 18.2 Å². The van der Waals surface area contributed by atoms with Crippen molar-refractivity contribution in [3.63, 3.8) is 0 Å². The van der Waals surface area contributed by atoms with Crippen LogP contribution in [0.15, 0.2) is 4.99 Å². The maximum atomic E-state index is 12.9. The van der Waals surface area contributed by atoms with E-state index in [1.54, 1.807) is 0 Å². The molecule has 0 aromatic carbocycles. The zero-order chi connectivity index (χ0) is 9.14. The van der Waals surface area contributed by atoms with E-state index in [9.17, 15) is 9.18 Å². The molecule has 2 unspecified atom stereocenters. The van der Waals surface area contributed by atoms with Crippen LogP contribution >= 0.6 is 0 Å². The highest BCUT2D eigenvalue weighted by atomic mass is 19.1. The van der Waals surface area contributed by atoms with Crippen molar-refractivity contribution in [2.75, 3.05) is 14.2 Å². The summed E-state index contributed by atoms with van der Waals surface area (Å²) in [5.41, 5.74) is 0. The minimum atomic E-state index is -1.28. The van der Waals surface area contributed by atoms with Crippen molar-refractivity contribution in [1.29, 1.82) is 0 Å². The summed E-state index contributed by atoms with van der Waals surface area (Å²) in [7, 11) is 2.57. The first-order valence-electron chi connectivity index (χ1n) is 3.52. The van der Waals surface area contributed by atoms with Gasteiger partial charge in [-0.15, -0.1) is 0 Å². The van der Waals surface area contributed by atoms with Crippen LogP contribution in [0.4, 0.5) is 4.39 Å². The van der Waals surface area contributed by atoms with Crippen molar-refractivity contribution >= 4 is 11.9 Å². The lowest BCUT2D eigenvalue weighted by atomic mass is 10.2. The van der Waals surface area contributed by atoms with Gasteiger partial charge in [-0.1, -0.05) is 0 Å².